The molecule has 4 heterocycles. The van der Waals surface area contributed by atoms with Crippen LogP contribution in [0.25, 0.3) is 11.3 Å². The molecular weight excluding hydrogens is 476 g/mol. The fourth-order valence-electron chi connectivity index (χ4n) is 4.28. The molecule has 2 N–H and O–H groups in total. The molecule has 2 unspecified atom stereocenters. The maximum Gasteiger partial charge on any atom is 0.413 e. The lowest BCUT2D eigenvalue weighted by atomic mass is 9.98. The Hall–Kier alpha value is -3.54. The van der Waals surface area contributed by atoms with Crippen molar-refractivity contribution in [3.05, 3.63) is 35.5 Å². The molecule has 194 valence electrons. The van der Waals surface area contributed by atoms with Crippen LogP contribution in [-0.4, -0.2) is 69.9 Å². The first-order valence-electron chi connectivity index (χ1n) is 11.6. The van der Waals surface area contributed by atoms with Crippen LogP contribution in [0.15, 0.2) is 24.4 Å². The minimum absolute atomic E-state index is 0.0174. The molecular formula is C24H29F2N5O5. The molecule has 4 rings (SSSR count). The fraction of sp³-hybridized carbons (Fsp3) is 0.500. The summed E-state index contributed by atoms with van der Waals surface area (Å²) in [7, 11) is 0. The SMILES string of the molecule is CC1CN(c2cc(CO)cc(-c3ccnc4c3C(C(F)F)OC(=O)N4)n2)CCN1C(=O)OC(C)(C)C. The minimum Gasteiger partial charge on any atom is -0.444 e. The van der Waals surface area contributed by atoms with Crippen LogP contribution in [0, 0.1) is 0 Å². The number of fused-ring (bicyclic) bond motifs is 1. The second kappa shape index (κ2) is 9.84. The fourth-order valence-corrected chi connectivity index (χ4v) is 4.28. The number of cyclic esters (lactones) is 1. The molecule has 0 bridgehead atoms. The molecule has 10 nitrogen and oxygen atoms in total. The lowest BCUT2D eigenvalue weighted by Gasteiger charge is -2.40. The van der Waals surface area contributed by atoms with Gasteiger partial charge in [-0.1, -0.05) is 0 Å². The standard InChI is InChI=1S/C24H29F2N5O5/c1-13-11-30(7-8-31(13)23(34)36-24(2,3)4)17-10-14(12-32)9-16(28-17)15-5-6-27-21-18(15)19(20(25)26)35-22(33)29-21/h5-6,9-10,13,19-20,32H,7-8,11-12H2,1-4H3,(H,27,29,33). The van der Waals surface area contributed by atoms with E-state index >= 15 is 0 Å². The van der Waals surface area contributed by atoms with Gasteiger partial charge < -0.3 is 24.4 Å². The van der Waals surface area contributed by atoms with Crippen LogP contribution in [0.3, 0.4) is 0 Å². The zero-order valence-corrected chi connectivity index (χ0v) is 20.5. The molecule has 12 heteroatoms. The van der Waals surface area contributed by atoms with E-state index in [0.29, 0.717) is 42.3 Å². The summed E-state index contributed by atoms with van der Waals surface area (Å²) in [5.74, 6) is 0.499. The summed E-state index contributed by atoms with van der Waals surface area (Å²) in [4.78, 5) is 36.7. The normalized spacial score (nSPS) is 20.1. The highest BCUT2D eigenvalue weighted by Gasteiger charge is 2.37. The number of anilines is 2. The van der Waals surface area contributed by atoms with Gasteiger partial charge in [-0.2, -0.15) is 0 Å². The van der Waals surface area contributed by atoms with Crippen molar-refractivity contribution >= 4 is 23.8 Å². The number of hydrogen-bond donors (Lipinski definition) is 2. The maximum absolute atomic E-state index is 13.8. The molecule has 2 aromatic heterocycles. The number of rotatable bonds is 4. The van der Waals surface area contributed by atoms with Crippen molar-refractivity contribution in [2.24, 2.45) is 0 Å². The Morgan fingerprint density at radius 3 is 2.72 bits per heavy atom. The third-order valence-corrected chi connectivity index (χ3v) is 5.87. The third-order valence-electron chi connectivity index (χ3n) is 5.87. The number of carbonyl (C=O) groups excluding carboxylic acids is 2. The topological polar surface area (TPSA) is 117 Å². The number of halogens is 2. The third kappa shape index (κ3) is 5.32. The van der Waals surface area contributed by atoms with E-state index in [1.807, 2.05) is 32.6 Å². The molecule has 0 spiro atoms. The summed E-state index contributed by atoms with van der Waals surface area (Å²) in [6, 6.07) is 4.65. The Balaban J connectivity index is 1.66. The van der Waals surface area contributed by atoms with E-state index in [9.17, 15) is 23.5 Å². The van der Waals surface area contributed by atoms with Crippen LogP contribution in [0.2, 0.25) is 0 Å². The average molecular weight is 506 g/mol. The van der Waals surface area contributed by atoms with Gasteiger partial charge in [-0.15, -0.1) is 0 Å². The second-order valence-electron chi connectivity index (χ2n) is 9.75. The van der Waals surface area contributed by atoms with Crippen molar-refractivity contribution in [3.63, 3.8) is 0 Å². The number of ether oxygens (including phenoxy) is 2. The number of amides is 2. The second-order valence-corrected chi connectivity index (χ2v) is 9.75. The summed E-state index contributed by atoms with van der Waals surface area (Å²) in [5.41, 5.74) is 0.564. The molecule has 2 aromatic rings. The van der Waals surface area contributed by atoms with E-state index in [0.717, 1.165) is 0 Å². The quantitative estimate of drug-likeness (QED) is 0.642. The summed E-state index contributed by atoms with van der Waals surface area (Å²) < 4.78 is 37.9. The smallest absolute Gasteiger partial charge is 0.413 e. The summed E-state index contributed by atoms with van der Waals surface area (Å²) in [6.45, 7) is 8.34. The Morgan fingerprint density at radius 2 is 2.08 bits per heavy atom. The van der Waals surface area contributed by atoms with Crippen LogP contribution in [-0.2, 0) is 16.1 Å². The van der Waals surface area contributed by atoms with Gasteiger partial charge in [0, 0.05) is 37.4 Å². The number of carbonyl (C=O) groups is 2. The number of aliphatic hydroxyl groups excluding tert-OH is 1. The zero-order chi connectivity index (χ0) is 26.2. The molecule has 36 heavy (non-hydrogen) atoms. The number of hydrogen-bond acceptors (Lipinski definition) is 8. The van der Waals surface area contributed by atoms with E-state index in [2.05, 4.69) is 10.3 Å². The van der Waals surface area contributed by atoms with Gasteiger partial charge in [0.05, 0.1) is 17.9 Å². The number of nitrogens with zero attached hydrogens (tertiary/aromatic N) is 4. The van der Waals surface area contributed by atoms with Gasteiger partial charge in [0.2, 0.25) is 0 Å². The number of nitrogens with one attached hydrogen (secondary N) is 1. The molecule has 2 amide bonds. The van der Waals surface area contributed by atoms with E-state index in [4.69, 9.17) is 14.5 Å². The highest BCUT2D eigenvalue weighted by Crippen LogP contribution is 2.40. The lowest BCUT2D eigenvalue weighted by Crippen LogP contribution is -2.55. The predicted octanol–water partition coefficient (Wildman–Crippen LogP) is 3.95. The molecule has 0 aliphatic carbocycles. The largest absolute Gasteiger partial charge is 0.444 e. The summed E-state index contributed by atoms with van der Waals surface area (Å²) in [6.07, 6.45) is -4.79. The Bertz CT molecular complexity index is 1160. The van der Waals surface area contributed by atoms with Gasteiger partial charge in [-0.3, -0.25) is 5.32 Å². The number of aliphatic hydroxyl groups is 1. The Kier molecular flexibility index (Phi) is 6.98. The van der Waals surface area contributed by atoms with E-state index < -0.39 is 30.3 Å². The molecule has 2 atom stereocenters. The van der Waals surface area contributed by atoms with Crippen LogP contribution < -0.4 is 10.2 Å². The van der Waals surface area contributed by atoms with Crippen LogP contribution >= 0.6 is 0 Å². The average Bonchev–Trinajstić information content (AvgIpc) is 2.81. The molecule has 1 fully saturated rings. The summed E-state index contributed by atoms with van der Waals surface area (Å²) >= 11 is 0. The number of aromatic nitrogens is 2. The number of alkyl halides is 2. The summed E-state index contributed by atoms with van der Waals surface area (Å²) in [5, 5.41) is 12.2. The van der Waals surface area contributed by atoms with Gasteiger partial charge in [-0.05, 0) is 51.5 Å². The highest BCUT2D eigenvalue weighted by molar-refractivity contribution is 5.89. The van der Waals surface area contributed by atoms with Crippen LogP contribution in [0.5, 0.6) is 0 Å². The van der Waals surface area contributed by atoms with Gasteiger partial charge in [0.1, 0.15) is 17.2 Å². The Labute approximate surface area is 207 Å². The molecule has 2 aliphatic heterocycles. The van der Waals surface area contributed by atoms with E-state index in [1.54, 1.807) is 17.0 Å². The molecule has 2 aliphatic rings. The first kappa shape index (κ1) is 25.5. The van der Waals surface area contributed by atoms with Gasteiger partial charge >= 0.3 is 12.2 Å². The van der Waals surface area contributed by atoms with Crippen LogP contribution in [0.4, 0.5) is 30.0 Å². The van der Waals surface area contributed by atoms with Crippen molar-refractivity contribution in [3.8, 4) is 11.3 Å². The van der Waals surface area contributed by atoms with Gasteiger partial charge in [0.15, 0.2) is 6.10 Å². The number of pyridine rings is 2. The predicted molar refractivity (Wildman–Crippen MR) is 127 cm³/mol. The van der Waals surface area contributed by atoms with Crippen LogP contribution in [0.1, 0.15) is 44.9 Å². The molecule has 0 radical (unpaired) electrons. The van der Waals surface area contributed by atoms with Crippen molar-refractivity contribution in [1.29, 1.82) is 0 Å². The minimum atomic E-state index is -2.97. The zero-order valence-electron chi connectivity index (χ0n) is 20.5. The molecule has 0 aromatic carbocycles. The Morgan fingerprint density at radius 1 is 1.33 bits per heavy atom. The molecule has 1 saturated heterocycles. The maximum atomic E-state index is 13.8. The van der Waals surface area contributed by atoms with E-state index in [-0.39, 0.29) is 24.0 Å². The van der Waals surface area contributed by atoms with Crippen molar-refractivity contribution in [1.82, 2.24) is 14.9 Å². The first-order chi connectivity index (χ1) is 17.0. The van der Waals surface area contributed by atoms with Crippen molar-refractivity contribution in [2.45, 2.75) is 58.5 Å². The highest BCUT2D eigenvalue weighted by atomic mass is 19.3. The first-order valence-corrected chi connectivity index (χ1v) is 11.6. The number of piperazine rings is 1. The van der Waals surface area contributed by atoms with Crippen molar-refractivity contribution < 1.29 is 33.0 Å². The van der Waals surface area contributed by atoms with Gasteiger partial charge in [-0.25, -0.2) is 28.3 Å². The van der Waals surface area contributed by atoms with Gasteiger partial charge in [0.25, 0.3) is 6.43 Å². The molecule has 0 saturated carbocycles. The van der Waals surface area contributed by atoms with Crippen molar-refractivity contribution in [2.75, 3.05) is 29.9 Å². The monoisotopic (exact) mass is 505 g/mol. The van der Waals surface area contributed by atoms with E-state index in [1.165, 1.54) is 12.3 Å². The lowest BCUT2D eigenvalue weighted by molar-refractivity contribution is -0.0168.